The van der Waals surface area contributed by atoms with Crippen molar-refractivity contribution < 1.29 is 8.91 Å². The van der Waals surface area contributed by atoms with Crippen LogP contribution in [0, 0.1) is 12.7 Å². The zero-order chi connectivity index (χ0) is 19.8. The fourth-order valence-corrected chi connectivity index (χ4v) is 4.21. The minimum atomic E-state index is -0.461. The number of thiophene rings is 1. The summed E-state index contributed by atoms with van der Waals surface area (Å²) in [4.78, 5) is 13.1. The molecule has 0 amide bonds. The van der Waals surface area contributed by atoms with Crippen LogP contribution in [-0.4, -0.2) is 39.2 Å². The van der Waals surface area contributed by atoms with Crippen LogP contribution < -0.4 is 16.0 Å². The Kier molecular flexibility index (Phi) is 4.57. The molecule has 1 saturated heterocycles. The third kappa shape index (κ3) is 3.52. The molecule has 29 heavy (non-hydrogen) atoms. The van der Waals surface area contributed by atoms with Crippen LogP contribution in [-0.2, 0) is 0 Å². The van der Waals surface area contributed by atoms with Crippen molar-refractivity contribution in [1.82, 2.24) is 25.4 Å². The maximum absolute atomic E-state index is 14.4. The summed E-state index contributed by atoms with van der Waals surface area (Å²) in [5.41, 5.74) is 1.78. The molecule has 0 aromatic carbocycles. The fraction of sp³-hybridized carbons (Fsp3) is 0.263. The minimum Gasteiger partial charge on any atom is -0.365 e. The van der Waals surface area contributed by atoms with E-state index in [-0.39, 0.29) is 6.04 Å². The monoisotopic (exact) mass is 411 g/mol. The molecule has 5 heterocycles. The van der Waals surface area contributed by atoms with Gasteiger partial charge in [0.05, 0.1) is 22.1 Å². The molecule has 148 valence electrons. The van der Waals surface area contributed by atoms with Gasteiger partial charge in [0.25, 0.3) is 0 Å². The second-order valence-electron chi connectivity index (χ2n) is 6.86. The Balaban J connectivity index is 1.62. The summed E-state index contributed by atoms with van der Waals surface area (Å²) in [6.45, 7) is 3.65. The van der Waals surface area contributed by atoms with Gasteiger partial charge in [-0.3, -0.25) is 4.98 Å². The van der Waals surface area contributed by atoms with Crippen molar-refractivity contribution >= 4 is 38.9 Å². The van der Waals surface area contributed by atoms with Gasteiger partial charge < -0.3 is 20.5 Å². The van der Waals surface area contributed by atoms with Crippen molar-refractivity contribution in [2.75, 3.05) is 23.7 Å². The van der Waals surface area contributed by atoms with E-state index < -0.39 is 5.82 Å². The van der Waals surface area contributed by atoms with Crippen LogP contribution in [0.3, 0.4) is 0 Å². The van der Waals surface area contributed by atoms with Crippen LogP contribution in [0.25, 0.3) is 21.6 Å². The molecule has 0 spiro atoms. The molecule has 4 aromatic heterocycles. The highest BCUT2D eigenvalue weighted by molar-refractivity contribution is 7.18. The molecule has 0 unspecified atom stereocenters. The summed E-state index contributed by atoms with van der Waals surface area (Å²) < 4.78 is 20.4. The topological polar surface area (TPSA) is 101 Å². The van der Waals surface area contributed by atoms with Gasteiger partial charge in [-0.25, -0.2) is 14.4 Å². The molecular weight excluding hydrogens is 393 g/mol. The van der Waals surface area contributed by atoms with E-state index in [0.717, 1.165) is 29.9 Å². The van der Waals surface area contributed by atoms with E-state index in [1.165, 1.54) is 23.7 Å². The Hall–Kier alpha value is -3.11. The molecule has 1 fully saturated rings. The number of anilines is 3. The number of aryl methyl sites for hydroxylation is 1. The van der Waals surface area contributed by atoms with Gasteiger partial charge >= 0.3 is 0 Å². The Morgan fingerprint density at radius 1 is 1.34 bits per heavy atom. The molecule has 1 aliphatic heterocycles. The average Bonchev–Trinajstić information content (AvgIpc) is 3.45. The Morgan fingerprint density at radius 2 is 2.28 bits per heavy atom. The second kappa shape index (κ2) is 7.37. The van der Waals surface area contributed by atoms with Crippen molar-refractivity contribution in [3.63, 3.8) is 0 Å². The molecule has 0 aliphatic carbocycles. The lowest BCUT2D eigenvalue weighted by atomic mass is 10.2. The first-order chi connectivity index (χ1) is 14.2. The van der Waals surface area contributed by atoms with Gasteiger partial charge in [0.2, 0.25) is 0 Å². The van der Waals surface area contributed by atoms with Crippen LogP contribution in [0.5, 0.6) is 0 Å². The van der Waals surface area contributed by atoms with Gasteiger partial charge in [-0.15, -0.1) is 11.3 Å². The first kappa shape index (κ1) is 18.0. The molecule has 1 atom stereocenters. The summed E-state index contributed by atoms with van der Waals surface area (Å²) in [6, 6.07) is 3.65. The molecule has 0 saturated carbocycles. The SMILES string of the molecule is Cc1cc(Nc2csc3c(N[C@@H]4CCNC4)nc(-c4ccncc4F)nc23)no1. The van der Waals surface area contributed by atoms with E-state index in [0.29, 0.717) is 34.3 Å². The van der Waals surface area contributed by atoms with E-state index in [9.17, 15) is 4.39 Å². The highest BCUT2D eigenvalue weighted by Crippen LogP contribution is 2.37. The smallest absolute Gasteiger partial charge is 0.174 e. The van der Waals surface area contributed by atoms with Gasteiger partial charge in [0.15, 0.2) is 17.5 Å². The Morgan fingerprint density at radius 3 is 3.03 bits per heavy atom. The zero-order valence-corrected chi connectivity index (χ0v) is 16.4. The molecule has 4 aromatic rings. The number of nitrogens with zero attached hydrogens (tertiary/aromatic N) is 4. The van der Waals surface area contributed by atoms with Gasteiger partial charge in [0.1, 0.15) is 17.1 Å². The lowest BCUT2D eigenvalue weighted by Crippen LogP contribution is -2.23. The van der Waals surface area contributed by atoms with Crippen LogP contribution in [0.2, 0.25) is 0 Å². The van der Waals surface area contributed by atoms with E-state index in [4.69, 9.17) is 4.52 Å². The normalized spacial score (nSPS) is 16.4. The summed E-state index contributed by atoms with van der Waals surface area (Å²) in [7, 11) is 0. The number of pyridine rings is 1. The van der Waals surface area contributed by atoms with Gasteiger partial charge in [0, 0.05) is 30.2 Å². The Labute approximate surface area is 169 Å². The fourth-order valence-electron chi connectivity index (χ4n) is 3.32. The predicted molar refractivity (Wildman–Crippen MR) is 110 cm³/mol. The summed E-state index contributed by atoms with van der Waals surface area (Å²) >= 11 is 1.52. The number of hydrogen-bond acceptors (Lipinski definition) is 9. The van der Waals surface area contributed by atoms with Crippen molar-refractivity contribution in [1.29, 1.82) is 0 Å². The third-order valence-electron chi connectivity index (χ3n) is 4.72. The number of hydrogen-bond donors (Lipinski definition) is 3. The number of aromatic nitrogens is 4. The summed E-state index contributed by atoms with van der Waals surface area (Å²) in [6.07, 6.45) is 3.70. The van der Waals surface area contributed by atoms with Gasteiger partial charge in [-0.05, 0) is 26.0 Å². The number of halogens is 1. The molecule has 10 heteroatoms. The van der Waals surface area contributed by atoms with Crippen LogP contribution in [0.4, 0.5) is 21.7 Å². The van der Waals surface area contributed by atoms with E-state index in [1.54, 1.807) is 12.1 Å². The zero-order valence-electron chi connectivity index (χ0n) is 15.6. The molecule has 8 nitrogen and oxygen atoms in total. The first-order valence-electron chi connectivity index (χ1n) is 9.24. The largest absolute Gasteiger partial charge is 0.365 e. The quantitative estimate of drug-likeness (QED) is 0.457. The van der Waals surface area contributed by atoms with Gasteiger partial charge in [-0.2, -0.15) is 0 Å². The highest BCUT2D eigenvalue weighted by Gasteiger charge is 2.21. The van der Waals surface area contributed by atoms with E-state index in [1.807, 2.05) is 12.3 Å². The Bertz CT molecular complexity index is 1170. The van der Waals surface area contributed by atoms with Crippen LogP contribution >= 0.6 is 11.3 Å². The van der Waals surface area contributed by atoms with Crippen molar-refractivity contribution in [2.24, 2.45) is 0 Å². The van der Waals surface area contributed by atoms with Crippen molar-refractivity contribution in [2.45, 2.75) is 19.4 Å². The highest BCUT2D eigenvalue weighted by atomic mass is 32.1. The second-order valence-corrected chi connectivity index (χ2v) is 7.74. The lowest BCUT2D eigenvalue weighted by Gasteiger charge is -2.14. The molecule has 0 radical (unpaired) electrons. The first-order valence-corrected chi connectivity index (χ1v) is 10.1. The predicted octanol–water partition coefficient (Wildman–Crippen LogP) is 3.71. The minimum absolute atomic E-state index is 0.264. The molecule has 1 aliphatic rings. The molecule has 0 bridgehead atoms. The van der Waals surface area contributed by atoms with Crippen molar-refractivity contribution in [3.8, 4) is 11.4 Å². The van der Waals surface area contributed by atoms with E-state index in [2.05, 4.69) is 36.1 Å². The number of fused-ring (bicyclic) bond motifs is 1. The maximum atomic E-state index is 14.4. The van der Waals surface area contributed by atoms with Crippen LogP contribution in [0.1, 0.15) is 12.2 Å². The van der Waals surface area contributed by atoms with Gasteiger partial charge in [-0.1, -0.05) is 5.16 Å². The van der Waals surface area contributed by atoms with Crippen molar-refractivity contribution in [3.05, 3.63) is 41.5 Å². The van der Waals surface area contributed by atoms with E-state index >= 15 is 0 Å². The lowest BCUT2D eigenvalue weighted by molar-refractivity contribution is 0.400. The molecule has 3 N–H and O–H groups in total. The maximum Gasteiger partial charge on any atom is 0.174 e. The summed E-state index contributed by atoms with van der Waals surface area (Å²) in [5, 5.41) is 16.0. The average molecular weight is 411 g/mol. The van der Waals surface area contributed by atoms with Crippen LogP contribution in [0.15, 0.2) is 34.4 Å². The number of nitrogens with one attached hydrogen (secondary N) is 3. The third-order valence-corrected chi connectivity index (χ3v) is 5.70. The summed E-state index contributed by atoms with van der Waals surface area (Å²) in [5.74, 6) is 1.84. The molecular formula is C19H18FN7OS. The standard InChI is InChI=1S/C19H18FN7OS/c1-10-6-15(27-28-10)24-14-9-29-17-16(14)25-18(12-3-5-22-8-13(12)20)26-19(17)23-11-2-4-21-7-11/h3,5-6,8-9,11,21H,2,4,7H2,1H3,(H,24,27)(H,23,25,26)/t11-/m1/s1. The number of rotatable bonds is 5. The molecule has 5 rings (SSSR count).